The summed E-state index contributed by atoms with van der Waals surface area (Å²) in [6.45, 7) is 4.81. The fraction of sp³-hybridized carbons (Fsp3) is 0.500. The summed E-state index contributed by atoms with van der Waals surface area (Å²) in [7, 11) is 0. The van der Waals surface area contributed by atoms with Crippen molar-refractivity contribution in [3.8, 4) is 0 Å². The van der Waals surface area contributed by atoms with Gasteiger partial charge in [0, 0.05) is 26.2 Å². The van der Waals surface area contributed by atoms with Gasteiger partial charge in [0.1, 0.15) is 12.2 Å². The van der Waals surface area contributed by atoms with Gasteiger partial charge >= 0.3 is 6.09 Å². The van der Waals surface area contributed by atoms with Crippen LogP contribution in [-0.2, 0) is 16.1 Å². The molecule has 0 saturated carbocycles. The molecule has 0 unspecified atom stereocenters. The van der Waals surface area contributed by atoms with Gasteiger partial charge in [-0.3, -0.25) is 4.79 Å². The van der Waals surface area contributed by atoms with Crippen molar-refractivity contribution in [3.63, 3.8) is 0 Å². The third-order valence-corrected chi connectivity index (χ3v) is 3.55. The smallest absolute Gasteiger partial charge is 0.410 e. The second-order valence-corrected chi connectivity index (χ2v) is 5.88. The Morgan fingerprint density at radius 3 is 2.18 bits per heavy atom. The van der Waals surface area contributed by atoms with Crippen LogP contribution in [0.4, 0.5) is 4.79 Å². The molecule has 1 heterocycles. The monoisotopic (exact) mass is 306 g/mol. The SMILES string of the molecule is CC(C)(O)C(=O)N1CCN(C(=O)OCc2ccccc2)CC1. The number of ether oxygens (including phenoxy) is 1. The normalized spacial score (nSPS) is 15.6. The standard InChI is InChI=1S/C16H22N2O4/c1-16(2,21)14(19)17-8-10-18(11-9-17)15(20)22-12-13-6-4-3-5-7-13/h3-7,21H,8-12H2,1-2H3. The Balaban J connectivity index is 1.79. The Kier molecular flexibility index (Phi) is 5.03. The molecule has 6 heteroatoms. The first-order chi connectivity index (χ1) is 10.4. The first-order valence-corrected chi connectivity index (χ1v) is 7.35. The molecule has 1 N–H and O–H groups in total. The summed E-state index contributed by atoms with van der Waals surface area (Å²) in [5.74, 6) is -0.315. The molecular weight excluding hydrogens is 284 g/mol. The van der Waals surface area contributed by atoms with Crippen LogP contribution in [0.1, 0.15) is 19.4 Å². The Bertz CT molecular complexity index is 517. The molecule has 0 aliphatic carbocycles. The lowest BCUT2D eigenvalue weighted by atomic mass is 10.1. The molecule has 0 bridgehead atoms. The molecule has 0 spiro atoms. The van der Waals surface area contributed by atoms with Crippen LogP contribution in [0.2, 0.25) is 0 Å². The van der Waals surface area contributed by atoms with E-state index in [1.807, 2.05) is 30.3 Å². The van der Waals surface area contributed by atoms with Crippen LogP contribution in [0.25, 0.3) is 0 Å². The van der Waals surface area contributed by atoms with Gasteiger partial charge in [0.2, 0.25) is 0 Å². The molecule has 0 aromatic heterocycles. The summed E-state index contributed by atoms with van der Waals surface area (Å²) in [5.41, 5.74) is -0.442. The van der Waals surface area contributed by atoms with E-state index in [1.54, 1.807) is 9.80 Å². The maximum absolute atomic E-state index is 12.0. The fourth-order valence-corrected chi connectivity index (χ4v) is 2.29. The molecule has 6 nitrogen and oxygen atoms in total. The largest absolute Gasteiger partial charge is 0.445 e. The summed E-state index contributed by atoms with van der Waals surface area (Å²) >= 11 is 0. The number of rotatable bonds is 3. The third-order valence-electron chi connectivity index (χ3n) is 3.55. The van der Waals surface area contributed by atoms with Crippen molar-refractivity contribution in [2.45, 2.75) is 26.1 Å². The van der Waals surface area contributed by atoms with Gasteiger partial charge < -0.3 is 19.6 Å². The lowest BCUT2D eigenvalue weighted by molar-refractivity contribution is -0.149. The van der Waals surface area contributed by atoms with Gasteiger partial charge in [-0.25, -0.2) is 4.79 Å². The topological polar surface area (TPSA) is 70.1 Å². The van der Waals surface area contributed by atoms with Crippen molar-refractivity contribution >= 4 is 12.0 Å². The second kappa shape index (κ2) is 6.79. The van der Waals surface area contributed by atoms with E-state index in [-0.39, 0.29) is 18.6 Å². The van der Waals surface area contributed by atoms with Crippen molar-refractivity contribution in [2.24, 2.45) is 0 Å². The van der Waals surface area contributed by atoms with Crippen LogP contribution in [0.15, 0.2) is 30.3 Å². The molecule has 22 heavy (non-hydrogen) atoms. The maximum atomic E-state index is 12.0. The summed E-state index contributed by atoms with van der Waals surface area (Å²) in [4.78, 5) is 27.1. The molecule has 1 aliphatic rings. The highest BCUT2D eigenvalue weighted by molar-refractivity contribution is 5.84. The molecule has 120 valence electrons. The Morgan fingerprint density at radius 1 is 1.09 bits per heavy atom. The summed E-state index contributed by atoms with van der Waals surface area (Å²) < 4.78 is 5.26. The van der Waals surface area contributed by atoms with Gasteiger partial charge in [0.25, 0.3) is 5.91 Å². The number of amides is 2. The van der Waals surface area contributed by atoms with Gasteiger partial charge in [-0.15, -0.1) is 0 Å². The van der Waals surface area contributed by atoms with E-state index in [1.165, 1.54) is 13.8 Å². The first kappa shape index (κ1) is 16.3. The van der Waals surface area contributed by atoms with Gasteiger partial charge in [-0.1, -0.05) is 30.3 Å². The Labute approximate surface area is 130 Å². The number of aliphatic hydroxyl groups is 1. The molecule has 2 rings (SSSR count). The Hall–Kier alpha value is -2.08. The molecular formula is C16H22N2O4. The fourth-order valence-electron chi connectivity index (χ4n) is 2.29. The number of hydrogen-bond acceptors (Lipinski definition) is 4. The lowest BCUT2D eigenvalue weighted by Gasteiger charge is -2.36. The van der Waals surface area contributed by atoms with Crippen LogP contribution >= 0.6 is 0 Å². The minimum absolute atomic E-state index is 0.239. The number of nitrogens with zero attached hydrogens (tertiary/aromatic N) is 2. The third kappa shape index (κ3) is 4.21. The molecule has 1 aromatic rings. The molecule has 2 amide bonds. The van der Waals surface area contributed by atoms with Crippen LogP contribution in [-0.4, -0.2) is 58.7 Å². The number of piperazine rings is 1. The van der Waals surface area contributed by atoms with Gasteiger partial charge in [-0.05, 0) is 19.4 Å². The van der Waals surface area contributed by atoms with E-state index in [2.05, 4.69) is 0 Å². The van der Waals surface area contributed by atoms with E-state index in [0.29, 0.717) is 26.2 Å². The van der Waals surface area contributed by atoms with Crippen molar-refractivity contribution in [3.05, 3.63) is 35.9 Å². The van der Waals surface area contributed by atoms with Crippen molar-refractivity contribution < 1.29 is 19.4 Å². The van der Waals surface area contributed by atoms with Gasteiger partial charge in [-0.2, -0.15) is 0 Å². The highest BCUT2D eigenvalue weighted by atomic mass is 16.6. The zero-order valence-electron chi connectivity index (χ0n) is 13.0. The van der Waals surface area contributed by atoms with Gasteiger partial charge in [0.15, 0.2) is 0 Å². The molecule has 1 aromatic carbocycles. The van der Waals surface area contributed by atoms with Crippen LogP contribution in [0, 0.1) is 0 Å². The predicted octanol–water partition coefficient (Wildman–Crippen LogP) is 1.24. The minimum atomic E-state index is -1.38. The number of carbonyl (C=O) groups is 2. The summed E-state index contributed by atoms with van der Waals surface area (Å²) in [5, 5.41) is 9.73. The first-order valence-electron chi connectivity index (χ1n) is 7.35. The second-order valence-electron chi connectivity index (χ2n) is 5.88. The minimum Gasteiger partial charge on any atom is -0.445 e. The molecule has 1 aliphatic heterocycles. The average Bonchev–Trinajstić information content (AvgIpc) is 2.52. The number of hydrogen-bond donors (Lipinski definition) is 1. The number of carbonyl (C=O) groups excluding carboxylic acids is 2. The highest BCUT2D eigenvalue weighted by Crippen LogP contribution is 2.12. The Morgan fingerprint density at radius 2 is 1.64 bits per heavy atom. The quantitative estimate of drug-likeness (QED) is 0.912. The van der Waals surface area contributed by atoms with Crippen molar-refractivity contribution in [1.82, 2.24) is 9.80 Å². The lowest BCUT2D eigenvalue weighted by Crippen LogP contribution is -2.55. The molecule has 1 saturated heterocycles. The van der Waals surface area contributed by atoms with Crippen LogP contribution in [0.3, 0.4) is 0 Å². The highest BCUT2D eigenvalue weighted by Gasteiger charge is 2.32. The zero-order valence-corrected chi connectivity index (χ0v) is 13.0. The van der Waals surface area contributed by atoms with Crippen LogP contribution < -0.4 is 0 Å². The summed E-state index contributed by atoms with van der Waals surface area (Å²) in [6, 6.07) is 9.49. The molecule has 1 fully saturated rings. The summed E-state index contributed by atoms with van der Waals surface area (Å²) in [6.07, 6.45) is -0.376. The predicted molar refractivity (Wildman–Crippen MR) is 81.1 cm³/mol. The van der Waals surface area contributed by atoms with E-state index < -0.39 is 5.60 Å². The van der Waals surface area contributed by atoms with Crippen molar-refractivity contribution in [1.29, 1.82) is 0 Å². The molecule has 0 radical (unpaired) electrons. The van der Waals surface area contributed by atoms with Crippen molar-refractivity contribution in [2.75, 3.05) is 26.2 Å². The number of benzene rings is 1. The van der Waals surface area contributed by atoms with Gasteiger partial charge in [0.05, 0.1) is 0 Å². The molecule has 0 atom stereocenters. The van der Waals surface area contributed by atoms with E-state index in [9.17, 15) is 14.7 Å². The zero-order chi connectivity index (χ0) is 16.2. The van der Waals surface area contributed by atoms with Crippen LogP contribution in [0.5, 0.6) is 0 Å². The van der Waals surface area contributed by atoms with E-state index >= 15 is 0 Å². The van der Waals surface area contributed by atoms with E-state index in [0.717, 1.165) is 5.56 Å². The van der Waals surface area contributed by atoms with E-state index in [4.69, 9.17) is 4.74 Å². The average molecular weight is 306 g/mol. The maximum Gasteiger partial charge on any atom is 0.410 e.